The fourth-order valence-corrected chi connectivity index (χ4v) is 2.00. The molecule has 7 nitrogen and oxygen atoms in total. The van der Waals surface area contributed by atoms with Crippen molar-refractivity contribution >= 4 is 17.3 Å². The molecule has 1 aromatic carbocycles. The van der Waals surface area contributed by atoms with Gasteiger partial charge in [-0.25, -0.2) is 0 Å². The first kappa shape index (κ1) is 16.7. The van der Waals surface area contributed by atoms with Gasteiger partial charge in [0.05, 0.1) is 25.1 Å². The second kappa shape index (κ2) is 8.08. The van der Waals surface area contributed by atoms with Crippen molar-refractivity contribution in [1.82, 2.24) is 0 Å². The Morgan fingerprint density at radius 3 is 2.62 bits per heavy atom. The molecule has 0 heterocycles. The lowest BCUT2D eigenvalue weighted by molar-refractivity contribution is -0.385. The van der Waals surface area contributed by atoms with Crippen molar-refractivity contribution in [2.75, 3.05) is 31.7 Å². The van der Waals surface area contributed by atoms with E-state index in [1.165, 1.54) is 7.11 Å². The van der Waals surface area contributed by atoms with Gasteiger partial charge < -0.3 is 14.4 Å². The second-order valence-electron chi connectivity index (χ2n) is 4.22. The third kappa shape index (κ3) is 4.34. The predicted molar refractivity (Wildman–Crippen MR) is 78.8 cm³/mol. The van der Waals surface area contributed by atoms with Crippen molar-refractivity contribution in [3.8, 4) is 5.75 Å². The summed E-state index contributed by atoms with van der Waals surface area (Å²) in [5, 5.41) is 11.3. The zero-order valence-electron chi connectivity index (χ0n) is 12.5. The largest absolute Gasteiger partial charge is 0.487 e. The van der Waals surface area contributed by atoms with E-state index in [2.05, 4.69) is 4.74 Å². The fourth-order valence-electron chi connectivity index (χ4n) is 2.00. The summed E-state index contributed by atoms with van der Waals surface area (Å²) in [5.74, 6) is -0.117. The van der Waals surface area contributed by atoms with E-state index in [1.807, 2.05) is 6.92 Å². The van der Waals surface area contributed by atoms with E-state index in [4.69, 9.17) is 4.74 Å². The Morgan fingerprint density at radius 2 is 2.10 bits per heavy atom. The zero-order chi connectivity index (χ0) is 15.8. The van der Waals surface area contributed by atoms with E-state index in [0.29, 0.717) is 25.4 Å². The normalized spacial score (nSPS) is 10.0. The number of hydrogen-bond donors (Lipinski definition) is 0. The SMILES string of the molecule is CCOc1cccc(N(CC)CCC(=O)OC)c1[N+](=O)[O-]. The number of methoxy groups -OCH3 is 1. The van der Waals surface area contributed by atoms with Crippen LogP contribution in [0.3, 0.4) is 0 Å². The highest BCUT2D eigenvalue weighted by atomic mass is 16.6. The predicted octanol–water partition coefficient (Wildman–Crippen LogP) is 2.38. The summed E-state index contributed by atoms with van der Waals surface area (Å²) < 4.78 is 9.92. The number of esters is 1. The Morgan fingerprint density at radius 1 is 1.38 bits per heavy atom. The first-order valence-electron chi connectivity index (χ1n) is 6.77. The van der Waals surface area contributed by atoms with Gasteiger partial charge in [0.1, 0.15) is 5.69 Å². The van der Waals surface area contributed by atoms with Crippen LogP contribution in [0.5, 0.6) is 5.75 Å². The molecule has 0 unspecified atom stereocenters. The van der Waals surface area contributed by atoms with Crippen LogP contribution in [0.25, 0.3) is 0 Å². The van der Waals surface area contributed by atoms with Crippen LogP contribution in [0.4, 0.5) is 11.4 Å². The van der Waals surface area contributed by atoms with Crippen LogP contribution in [0, 0.1) is 10.1 Å². The van der Waals surface area contributed by atoms with E-state index in [9.17, 15) is 14.9 Å². The van der Waals surface area contributed by atoms with Crippen molar-refractivity contribution in [2.24, 2.45) is 0 Å². The van der Waals surface area contributed by atoms with Crippen LogP contribution in [0.15, 0.2) is 18.2 Å². The lowest BCUT2D eigenvalue weighted by Crippen LogP contribution is -2.27. The number of carbonyl (C=O) groups excluding carboxylic acids is 1. The number of benzene rings is 1. The van der Waals surface area contributed by atoms with E-state index in [1.54, 1.807) is 30.0 Å². The minimum atomic E-state index is -0.457. The molecule has 0 aromatic heterocycles. The number of para-hydroxylation sites is 1. The maximum atomic E-state index is 11.3. The van der Waals surface area contributed by atoms with Crippen LogP contribution in [0.2, 0.25) is 0 Å². The zero-order valence-corrected chi connectivity index (χ0v) is 12.5. The average Bonchev–Trinajstić information content (AvgIpc) is 2.47. The molecule has 1 rings (SSSR count). The summed E-state index contributed by atoms with van der Waals surface area (Å²) in [6.45, 7) is 4.87. The third-order valence-corrected chi connectivity index (χ3v) is 3.00. The van der Waals surface area contributed by atoms with Gasteiger partial charge in [0, 0.05) is 13.1 Å². The number of nitro benzene ring substituents is 1. The van der Waals surface area contributed by atoms with Gasteiger partial charge in [-0.2, -0.15) is 0 Å². The van der Waals surface area contributed by atoms with Gasteiger partial charge >= 0.3 is 11.7 Å². The van der Waals surface area contributed by atoms with E-state index in [-0.39, 0.29) is 23.8 Å². The van der Waals surface area contributed by atoms with Gasteiger partial charge in [-0.05, 0) is 26.0 Å². The standard InChI is InChI=1S/C14H20N2O5/c1-4-15(10-9-13(17)20-3)11-7-6-8-12(21-5-2)14(11)16(18)19/h6-8H,4-5,9-10H2,1-3H3. The molecule has 0 bridgehead atoms. The highest BCUT2D eigenvalue weighted by Gasteiger charge is 2.24. The summed E-state index contributed by atoms with van der Waals surface area (Å²) in [6, 6.07) is 4.93. The lowest BCUT2D eigenvalue weighted by Gasteiger charge is -2.23. The number of ether oxygens (including phenoxy) is 2. The molecule has 0 aliphatic heterocycles. The fraction of sp³-hybridized carbons (Fsp3) is 0.500. The first-order chi connectivity index (χ1) is 10.0. The summed E-state index contributed by atoms with van der Waals surface area (Å²) in [6.07, 6.45) is 0.167. The Balaban J connectivity index is 3.10. The van der Waals surface area contributed by atoms with Crippen molar-refractivity contribution in [2.45, 2.75) is 20.3 Å². The van der Waals surface area contributed by atoms with Crippen molar-refractivity contribution in [1.29, 1.82) is 0 Å². The van der Waals surface area contributed by atoms with Gasteiger partial charge in [-0.1, -0.05) is 6.07 Å². The van der Waals surface area contributed by atoms with Crippen molar-refractivity contribution in [3.05, 3.63) is 28.3 Å². The molecule has 0 spiro atoms. The molecule has 21 heavy (non-hydrogen) atoms. The molecule has 0 atom stereocenters. The molecule has 7 heteroatoms. The molecule has 0 aliphatic carbocycles. The van der Waals surface area contributed by atoms with Crippen molar-refractivity contribution in [3.63, 3.8) is 0 Å². The van der Waals surface area contributed by atoms with Crippen LogP contribution in [0.1, 0.15) is 20.3 Å². The van der Waals surface area contributed by atoms with Gasteiger partial charge in [0.15, 0.2) is 5.75 Å². The smallest absolute Gasteiger partial charge is 0.333 e. The van der Waals surface area contributed by atoms with Gasteiger partial charge in [0.25, 0.3) is 0 Å². The number of anilines is 1. The minimum Gasteiger partial charge on any atom is -0.487 e. The number of nitrogens with zero attached hydrogens (tertiary/aromatic N) is 2. The van der Waals surface area contributed by atoms with Crippen LogP contribution in [-0.4, -0.2) is 37.7 Å². The highest BCUT2D eigenvalue weighted by molar-refractivity contribution is 5.72. The second-order valence-corrected chi connectivity index (χ2v) is 4.22. The van der Waals surface area contributed by atoms with E-state index < -0.39 is 4.92 Å². The number of nitro groups is 1. The molecule has 0 saturated heterocycles. The van der Waals surface area contributed by atoms with Crippen LogP contribution >= 0.6 is 0 Å². The van der Waals surface area contributed by atoms with Gasteiger partial charge in [-0.15, -0.1) is 0 Å². The summed E-state index contributed by atoms with van der Waals surface area (Å²) in [7, 11) is 1.32. The Kier molecular flexibility index (Phi) is 6.45. The van der Waals surface area contributed by atoms with E-state index >= 15 is 0 Å². The Bertz CT molecular complexity index is 504. The molecule has 0 fully saturated rings. The topological polar surface area (TPSA) is 81.9 Å². The molecular weight excluding hydrogens is 276 g/mol. The number of rotatable bonds is 8. The summed E-state index contributed by atoms with van der Waals surface area (Å²) in [5.41, 5.74) is 0.364. The lowest BCUT2D eigenvalue weighted by atomic mass is 10.2. The summed E-state index contributed by atoms with van der Waals surface area (Å²) >= 11 is 0. The molecule has 0 N–H and O–H groups in total. The Labute approximate surface area is 123 Å². The first-order valence-corrected chi connectivity index (χ1v) is 6.77. The molecule has 0 aliphatic rings. The molecule has 1 aromatic rings. The molecular formula is C14H20N2O5. The molecule has 0 amide bonds. The molecule has 0 radical (unpaired) electrons. The Hall–Kier alpha value is -2.31. The maximum Gasteiger partial charge on any atom is 0.333 e. The molecule has 0 saturated carbocycles. The summed E-state index contributed by atoms with van der Waals surface area (Å²) in [4.78, 5) is 23.9. The van der Waals surface area contributed by atoms with Gasteiger partial charge in [-0.3, -0.25) is 14.9 Å². The maximum absolute atomic E-state index is 11.3. The van der Waals surface area contributed by atoms with Crippen LogP contribution in [-0.2, 0) is 9.53 Å². The third-order valence-electron chi connectivity index (χ3n) is 3.00. The van der Waals surface area contributed by atoms with Crippen molar-refractivity contribution < 1.29 is 19.2 Å². The molecule has 116 valence electrons. The quantitative estimate of drug-likeness (QED) is 0.416. The van der Waals surface area contributed by atoms with Crippen LogP contribution < -0.4 is 9.64 Å². The monoisotopic (exact) mass is 296 g/mol. The average molecular weight is 296 g/mol. The highest BCUT2D eigenvalue weighted by Crippen LogP contribution is 2.37. The number of hydrogen-bond acceptors (Lipinski definition) is 6. The number of carbonyl (C=O) groups is 1. The van der Waals surface area contributed by atoms with E-state index in [0.717, 1.165) is 0 Å². The minimum absolute atomic E-state index is 0.0777. The van der Waals surface area contributed by atoms with Gasteiger partial charge in [0.2, 0.25) is 0 Å².